The van der Waals surface area contributed by atoms with Crippen LogP contribution in [-0.2, 0) is 5.75 Å². The van der Waals surface area contributed by atoms with Crippen molar-refractivity contribution in [1.29, 1.82) is 0 Å². The van der Waals surface area contributed by atoms with Crippen LogP contribution in [0.4, 0.5) is 0 Å². The second kappa shape index (κ2) is 8.26. The summed E-state index contributed by atoms with van der Waals surface area (Å²) in [6.07, 6.45) is 0.998. The number of carbonyl (C=O) groups is 1. The second-order valence-electron chi connectivity index (χ2n) is 6.58. The molecule has 0 saturated carbocycles. The Morgan fingerprint density at radius 1 is 1.20 bits per heavy atom. The van der Waals surface area contributed by atoms with Gasteiger partial charge in [-0.15, -0.1) is 11.8 Å². The molecule has 2 aromatic rings. The summed E-state index contributed by atoms with van der Waals surface area (Å²) in [6.45, 7) is 3.52. The molecule has 1 fully saturated rings. The van der Waals surface area contributed by atoms with Crippen molar-refractivity contribution in [1.82, 2.24) is 4.90 Å². The highest BCUT2D eigenvalue weighted by Gasteiger charge is 2.31. The Hall–Kier alpha value is -1.49. The number of carbonyl (C=O) groups excluding carboxylic acids is 1. The van der Waals surface area contributed by atoms with Crippen molar-refractivity contribution in [2.24, 2.45) is 11.7 Å². The quantitative estimate of drug-likeness (QED) is 0.787. The number of hydrogen-bond donors (Lipinski definition) is 1. The Morgan fingerprint density at radius 2 is 1.88 bits per heavy atom. The van der Waals surface area contributed by atoms with Gasteiger partial charge in [-0.3, -0.25) is 4.79 Å². The van der Waals surface area contributed by atoms with E-state index >= 15 is 0 Å². The molecule has 3 nitrogen and oxygen atoms in total. The lowest BCUT2D eigenvalue weighted by molar-refractivity contribution is 0.0743. The van der Waals surface area contributed by atoms with Crippen molar-refractivity contribution in [3.63, 3.8) is 0 Å². The monoisotopic (exact) mass is 374 g/mol. The predicted octanol–water partition coefficient (Wildman–Crippen LogP) is 4.44. The molecular weight excluding hydrogens is 352 g/mol. The van der Waals surface area contributed by atoms with E-state index in [9.17, 15) is 4.79 Å². The Kier molecular flexibility index (Phi) is 6.05. The molecule has 2 unspecified atom stereocenters. The summed E-state index contributed by atoms with van der Waals surface area (Å²) in [7, 11) is 0. The molecule has 0 aromatic heterocycles. The standard InChI is InChI=1S/C20H23ClN2OS/c1-14-10-16(11-22)12-23(14)20(24)17-4-2-15(3-5-17)13-25-19-8-6-18(21)7-9-19/h2-9,14,16H,10-13,22H2,1H3. The molecule has 5 heteroatoms. The van der Waals surface area contributed by atoms with Crippen molar-refractivity contribution >= 4 is 29.3 Å². The van der Waals surface area contributed by atoms with E-state index in [4.69, 9.17) is 17.3 Å². The Labute approximate surface area is 158 Å². The number of rotatable bonds is 5. The minimum atomic E-state index is 0.111. The Bertz CT molecular complexity index is 717. The number of benzene rings is 2. The van der Waals surface area contributed by atoms with Crippen molar-refractivity contribution in [3.05, 3.63) is 64.7 Å². The van der Waals surface area contributed by atoms with Crippen molar-refractivity contribution < 1.29 is 4.79 Å². The van der Waals surface area contributed by atoms with Gasteiger partial charge in [-0.2, -0.15) is 0 Å². The van der Waals surface area contributed by atoms with Crippen LogP contribution in [0.15, 0.2) is 53.4 Å². The summed E-state index contributed by atoms with van der Waals surface area (Å²) in [5.41, 5.74) is 7.71. The first-order valence-electron chi connectivity index (χ1n) is 8.55. The first kappa shape index (κ1) is 18.3. The van der Waals surface area contributed by atoms with Gasteiger partial charge in [0.05, 0.1) is 0 Å². The number of likely N-dealkylation sites (tertiary alicyclic amines) is 1. The van der Waals surface area contributed by atoms with Gasteiger partial charge in [-0.05, 0) is 67.8 Å². The van der Waals surface area contributed by atoms with Crippen LogP contribution in [0.2, 0.25) is 5.02 Å². The van der Waals surface area contributed by atoms with Crippen LogP contribution >= 0.6 is 23.4 Å². The van der Waals surface area contributed by atoms with Crippen LogP contribution in [-0.4, -0.2) is 29.9 Å². The van der Waals surface area contributed by atoms with E-state index in [1.165, 1.54) is 10.5 Å². The third-order valence-corrected chi connectivity index (χ3v) is 6.01. The molecule has 2 N–H and O–H groups in total. The first-order valence-corrected chi connectivity index (χ1v) is 9.91. The molecule has 0 bridgehead atoms. The molecule has 0 radical (unpaired) electrons. The summed E-state index contributed by atoms with van der Waals surface area (Å²) < 4.78 is 0. The third kappa shape index (κ3) is 4.57. The van der Waals surface area contributed by atoms with Crippen LogP contribution in [0.5, 0.6) is 0 Å². The average Bonchev–Trinajstić information content (AvgIpc) is 3.02. The summed E-state index contributed by atoms with van der Waals surface area (Å²) in [5.74, 6) is 1.40. The Morgan fingerprint density at radius 3 is 2.48 bits per heavy atom. The van der Waals surface area contributed by atoms with E-state index in [1.54, 1.807) is 11.8 Å². The SMILES string of the molecule is CC1CC(CN)CN1C(=O)c1ccc(CSc2ccc(Cl)cc2)cc1. The first-order chi connectivity index (χ1) is 12.1. The maximum atomic E-state index is 12.7. The second-order valence-corrected chi connectivity index (χ2v) is 8.07. The van der Waals surface area contributed by atoms with Gasteiger partial charge in [-0.1, -0.05) is 23.7 Å². The molecule has 2 atom stereocenters. The van der Waals surface area contributed by atoms with Crippen LogP contribution < -0.4 is 5.73 Å². The van der Waals surface area contributed by atoms with Crippen LogP contribution in [0.3, 0.4) is 0 Å². The van der Waals surface area contributed by atoms with E-state index in [-0.39, 0.29) is 11.9 Å². The highest BCUT2D eigenvalue weighted by molar-refractivity contribution is 7.98. The molecule has 3 rings (SSSR count). The van der Waals surface area contributed by atoms with Gasteiger partial charge in [0.2, 0.25) is 0 Å². The van der Waals surface area contributed by atoms with Gasteiger partial charge in [0.25, 0.3) is 5.91 Å². The molecule has 0 aliphatic carbocycles. The summed E-state index contributed by atoms with van der Waals surface area (Å²) in [4.78, 5) is 15.8. The smallest absolute Gasteiger partial charge is 0.254 e. The minimum Gasteiger partial charge on any atom is -0.336 e. The zero-order chi connectivity index (χ0) is 17.8. The number of nitrogens with two attached hydrogens (primary N) is 1. The van der Waals surface area contributed by atoms with E-state index in [1.807, 2.05) is 53.4 Å². The topological polar surface area (TPSA) is 46.3 Å². The molecule has 1 heterocycles. The molecule has 1 amide bonds. The number of amides is 1. The van der Waals surface area contributed by atoms with Gasteiger partial charge in [0.1, 0.15) is 0 Å². The lowest BCUT2D eigenvalue weighted by Gasteiger charge is -2.21. The highest BCUT2D eigenvalue weighted by Crippen LogP contribution is 2.26. The van der Waals surface area contributed by atoms with Gasteiger partial charge < -0.3 is 10.6 Å². The van der Waals surface area contributed by atoms with Gasteiger partial charge in [0, 0.05) is 33.8 Å². The fourth-order valence-electron chi connectivity index (χ4n) is 3.20. The third-order valence-electron chi connectivity index (χ3n) is 4.68. The maximum absolute atomic E-state index is 12.7. The lowest BCUT2D eigenvalue weighted by atomic mass is 10.1. The molecule has 1 aliphatic heterocycles. The fourth-order valence-corrected chi connectivity index (χ4v) is 4.18. The average molecular weight is 375 g/mol. The maximum Gasteiger partial charge on any atom is 0.254 e. The van der Waals surface area contributed by atoms with Gasteiger partial charge in [-0.25, -0.2) is 0 Å². The molecule has 25 heavy (non-hydrogen) atoms. The van der Waals surface area contributed by atoms with E-state index in [0.717, 1.165) is 29.3 Å². The zero-order valence-electron chi connectivity index (χ0n) is 14.3. The van der Waals surface area contributed by atoms with Crippen molar-refractivity contribution in [2.75, 3.05) is 13.1 Å². The summed E-state index contributed by atoms with van der Waals surface area (Å²) in [6, 6.07) is 16.1. The molecule has 1 aliphatic rings. The zero-order valence-corrected chi connectivity index (χ0v) is 15.9. The van der Waals surface area contributed by atoms with E-state index in [0.29, 0.717) is 12.5 Å². The number of hydrogen-bond acceptors (Lipinski definition) is 3. The molecule has 132 valence electrons. The van der Waals surface area contributed by atoms with Crippen LogP contribution in [0.25, 0.3) is 0 Å². The van der Waals surface area contributed by atoms with Crippen LogP contribution in [0, 0.1) is 5.92 Å². The van der Waals surface area contributed by atoms with Gasteiger partial charge >= 0.3 is 0 Å². The van der Waals surface area contributed by atoms with Crippen molar-refractivity contribution in [2.45, 2.75) is 30.0 Å². The fraction of sp³-hybridized carbons (Fsp3) is 0.350. The molecule has 2 aromatic carbocycles. The van der Waals surface area contributed by atoms with Crippen LogP contribution in [0.1, 0.15) is 29.3 Å². The number of nitrogens with zero attached hydrogens (tertiary/aromatic N) is 1. The van der Waals surface area contributed by atoms with E-state index in [2.05, 4.69) is 6.92 Å². The number of thioether (sulfide) groups is 1. The van der Waals surface area contributed by atoms with E-state index < -0.39 is 0 Å². The molecular formula is C20H23ClN2OS. The highest BCUT2D eigenvalue weighted by atomic mass is 35.5. The minimum absolute atomic E-state index is 0.111. The Balaban J connectivity index is 1.60. The molecule has 0 spiro atoms. The summed E-state index contributed by atoms with van der Waals surface area (Å²) in [5, 5.41) is 0.750. The largest absolute Gasteiger partial charge is 0.336 e. The molecule has 1 saturated heterocycles. The predicted molar refractivity (Wildman–Crippen MR) is 105 cm³/mol. The lowest BCUT2D eigenvalue weighted by Crippen LogP contribution is -2.34. The van der Waals surface area contributed by atoms with Gasteiger partial charge in [0.15, 0.2) is 0 Å². The van der Waals surface area contributed by atoms with Crippen molar-refractivity contribution in [3.8, 4) is 0 Å². The normalized spacial score (nSPS) is 20.0. The number of halogens is 1. The summed E-state index contributed by atoms with van der Waals surface area (Å²) >= 11 is 7.66.